The van der Waals surface area contributed by atoms with Crippen molar-refractivity contribution in [1.29, 1.82) is 0 Å². The molecular weight excluding hydrogens is 449 g/mol. The second kappa shape index (κ2) is 9.53. The third-order valence-electron chi connectivity index (χ3n) is 5.68. The summed E-state index contributed by atoms with van der Waals surface area (Å²) in [6, 6.07) is 18.3. The van der Waals surface area contributed by atoms with E-state index in [1.165, 1.54) is 15.6 Å². The average molecular weight is 472 g/mol. The van der Waals surface area contributed by atoms with Gasteiger partial charge in [0, 0.05) is 59.4 Å². The Labute approximate surface area is 196 Å². The van der Waals surface area contributed by atoms with Gasteiger partial charge in [-0.25, -0.2) is 4.98 Å². The lowest BCUT2D eigenvalue weighted by molar-refractivity contribution is 0.0755. The van der Waals surface area contributed by atoms with Gasteiger partial charge in [-0.2, -0.15) is 0 Å². The largest absolute Gasteiger partial charge is 0.336 e. The van der Waals surface area contributed by atoms with Crippen LogP contribution in [0.4, 0.5) is 0 Å². The van der Waals surface area contributed by atoms with Crippen LogP contribution in [0.3, 0.4) is 0 Å². The molecule has 0 N–H and O–H groups in total. The van der Waals surface area contributed by atoms with Crippen molar-refractivity contribution in [2.45, 2.75) is 13.0 Å². The van der Waals surface area contributed by atoms with Crippen LogP contribution in [0, 0.1) is 0 Å². The maximum Gasteiger partial charge on any atom is 0.272 e. The van der Waals surface area contributed by atoms with E-state index in [0.717, 1.165) is 54.3 Å². The lowest BCUT2D eigenvalue weighted by atomic mass is 10.1. The second-order valence-electron chi connectivity index (χ2n) is 7.71. The van der Waals surface area contributed by atoms with Gasteiger partial charge in [0.2, 0.25) is 0 Å². The van der Waals surface area contributed by atoms with Crippen LogP contribution in [-0.2, 0) is 6.54 Å². The minimum atomic E-state index is 0. The SMILES string of the molecule is Cl.O=C(c1cc2c(cn1)sc1ccccc12)N1CCCN(Cc2ccc(Cl)cc2)CC1. The number of hydrogen-bond acceptors (Lipinski definition) is 4. The van der Waals surface area contributed by atoms with E-state index < -0.39 is 0 Å². The predicted molar refractivity (Wildman–Crippen MR) is 132 cm³/mol. The first-order valence-corrected chi connectivity index (χ1v) is 11.4. The summed E-state index contributed by atoms with van der Waals surface area (Å²) in [5.41, 5.74) is 1.79. The van der Waals surface area contributed by atoms with E-state index in [1.807, 2.05) is 41.4 Å². The Morgan fingerprint density at radius 2 is 1.77 bits per heavy atom. The zero-order valence-electron chi connectivity index (χ0n) is 17.0. The van der Waals surface area contributed by atoms with E-state index in [0.29, 0.717) is 5.69 Å². The highest BCUT2D eigenvalue weighted by atomic mass is 35.5. The van der Waals surface area contributed by atoms with Gasteiger partial charge in [0.25, 0.3) is 5.91 Å². The fourth-order valence-electron chi connectivity index (χ4n) is 4.09. The zero-order valence-corrected chi connectivity index (χ0v) is 19.3. The predicted octanol–water partition coefficient (Wildman–Crippen LogP) is 5.87. The highest BCUT2D eigenvalue weighted by Gasteiger charge is 2.22. The molecule has 0 aliphatic carbocycles. The van der Waals surface area contributed by atoms with Crippen LogP contribution < -0.4 is 0 Å². The van der Waals surface area contributed by atoms with Gasteiger partial charge in [0.05, 0.1) is 4.70 Å². The molecule has 4 nitrogen and oxygen atoms in total. The number of rotatable bonds is 3. The molecule has 1 saturated heterocycles. The monoisotopic (exact) mass is 471 g/mol. The number of nitrogens with zero attached hydrogens (tertiary/aromatic N) is 3. The summed E-state index contributed by atoms with van der Waals surface area (Å²) in [4.78, 5) is 22.0. The zero-order chi connectivity index (χ0) is 20.5. The van der Waals surface area contributed by atoms with Crippen molar-refractivity contribution >= 4 is 61.4 Å². The van der Waals surface area contributed by atoms with Crippen molar-refractivity contribution in [1.82, 2.24) is 14.8 Å². The lowest BCUT2D eigenvalue weighted by Gasteiger charge is -2.22. The molecule has 1 aliphatic heterocycles. The summed E-state index contributed by atoms with van der Waals surface area (Å²) < 4.78 is 2.35. The minimum Gasteiger partial charge on any atom is -0.336 e. The summed E-state index contributed by atoms with van der Waals surface area (Å²) in [5.74, 6) is 0.0283. The van der Waals surface area contributed by atoms with E-state index in [1.54, 1.807) is 11.3 Å². The van der Waals surface area contributed by atoms with Crippen LogP contribution >= 0.6 is 35.3 Å². The third-order valence-corrected chi connectivity index (χ3v) is 7.05. The quantitative estimate of drug-likeness (QED) is 0.374. The molecular formula is C24H23Cl2N3OS. The molecule has 1 amide bonds. The first kappa shape index (κ1) is 22.0. The molecule has 5 rings (SSSR count). The summed E-state index contributed by atoms with van der Waals surface area (Å²) >= 11 is 7.71. The number of amides is 1. The number of carbonyl (C=O) groups is 1. The molecule has 1 fully saturated rings. The number of aromatic nitrogens is 1. The molecule has 31 heavy (non-hydrogen) atoms. The molecule has 7 heteroatoms. The van der Waals surface area contributed by atoms with E-state index >= 15 is 0 Å². The molecule has 160 valence electrons. The molecule has 0 unspecified atom stereocenters. The number of halogens is 2. The molecule has 0 atom stereocenters. The van der Waals surface area contributed by atoms with Crippen LogP contribution in [0.5, 0.6) is 0 Å². The Morgan fingerprint density at radius 1 is 0.968 bits per heavy atom. The summed E-state index contributed by atoms with van der Waals surface area (Å²) in [7, 11) is 0. The van der Waals surface area contributed by atoms with Gasteiger partial charge in [0.1, 0.15) is 5.69 Å². The van der Waals surface area contributed by atoms with E-state index in [4.69, 9.17) is 11.6 Å². The number of pyridine rings is 1. The van der Waals surface area contributed by atoms with Crippen molar-refractivity contribution in [2.24, 2.45) is 0 Å². The Hall–Kier alpha value is -2.18. The van der Waals surface area contributed by atoms with Crippen molar-refractivity contribution in [2.75, 3.05) is 26.2 Å². The Balaban J connectivity index is 0.00000231. The Morgan fingerprint density at radius 3 is 2.61 bits per heavy atom. The van der Waals surface area contributed by atoms with Crippen molar-refractivity contribution in [3.05, 3.63) is 77.1 Å². The van der Waals surface area contributed by atoms with Gasteiger partial charge in [-0.05, 0) is 36.2 Å². The van der Waals surface area contributed by atoms with Crippen LogP contribution in [0.25, 0.3) is 20.2 Å². The van der Waals surface area contributed by atoms with Gasteiger partial charge in [-0.1, -0.05) is 41.9 Å². The molecule has 3 heterocycles. The Bertz CT molecular complexity index is 1210. The average Bonchev–Trinajstić information content (AvgIpc) is 2.98. The van der Waals surface area contributed by atoms with Gasteiger partial charge < -0.3 is 4.90 Å². The van der Waals surface area contributed by atoms with Crippen LogP contribution in [0.1, 0.15) is 22.5 Å². The molecule has 4 aromatic rings. The third kappa shape index (κ3) is 4.70. The number of thiophene rings is 1. The van der Waals surface area contributed by atoms with Crippen molar-refractivity contribution in [3.63, 3.8) is 0 Å². The van der Waals surface area contributed by atoms with E-state index in [2.05, 4.69) is 34.1 Å². The summed E-state index contributed by atoms with van der Waals surface area (Å²) in [5, 5.41) is 3.07. The first-order chi connectivity index (χ1) is 14.7. The number of carbonyl (C=O) groups excluding carboxylic acids is 1. The molecule has 0 bridgehead atoms. The summed E-state index contributed by atoms with van der Waals surface area (Å²) in [6.45, 7) is 4.20. The number of benzene rings is 2. The molecule has 0 saturated carbocycles. The smallest absolute Gasteiger partial charge is 0.272 e. The van der Waals surface area contributed by atoms with Crippen molar-refractivity contribution < 1.29 is 4.79 Å². The van der Waals surface area contributed by atoms with E-state index in [9.17, 15) is 4.79 Å². The molecule has 0 radical (unpaired) electrons. The van der Waals surface area contributed by atoms with Gasteiger partial charge >= 0.3 is 0 Å². The normalized spacial score (nSPS) is 15.1. The molecule has 2 aromatic carbocycles. The Kier molecular flexibility index (Phi) is 6.77. The van der Waals surface area contributed by atoms with E-state index in [-0.39, 0.29) is 18.3 Å². The standard InChI is InChI=1S/C24H22ClN3OS.ClH/c25-18-8-6-17(7-9-18)16-27-10-3-11-28(13-12-27)24(29)21-14-20-19-4-1-2-5-22(19)30-23(20)15-26-21;/h1-2,4-9,14-15H,3,10-13,16H2;1H. The van der Waals surface area contributed by atoms with Gasteiger partial charge in [0.15, 0.2) is 0 Å². The van der Waals surface area contributed by atoms with Crippen LogP contribution in [-0.4, -0.2) is 46.9 Å². The topological polar surface area (TPSA) is 36.4 Å². The highest BCUT2D eigenvalue weighted by molar-refractivity contribution is 7.25. The molecule has 2 aromatic heterocycles. The second-order valence-corrected chi connectivity index (χ2v) is 9.23. The molecule has 0 spiro atoms. The fraction of sp³-hybridized carbons (Fsp3) is 0.250. The maximum absolute atomic E-state index is 13.2. The van der Waals surface area contributed by atoms with Crippen LogP contribution in [0.2, 0.25) is 5.02 Å². The number of hydrogen-bond donors (Lipinski definition) is 0. The fourth-order valence-corrected chi connectivity index (χ4v) is 5.27. The summed E-state index contributed by atoms with van der Waals surface area (Å²) in [6.07, 6.45) is 2.81. The van der Waals surface area contributed by atoms with Crippen LogP contribution in [0.15, 0.2) is 60.8 Å². The van der Waals surface area contributed by atoms with Gasteiger partial charge in [-0.3, -0.25) is 9.69 Å². The molecule has 1 aliphatic rings. The maximum atomic E-state index is 13.2. The first-order valence-electron chi connectivity index (χ1n) is 10.2. The van der Waals surface area contributed by atoms with Crippen molar-refractivity contribution in [3.8, 4) is 0 Å². The highest BCUT2D eigenvalue weighted by Crippen LogP contribution is 2.33. The minimum absolute atomic E-state index is 0. The number of fused-ring (bicyclic) bond motifs is 3. The van der Waals surface area contributed by atoms with Gasteiger partial charge in [-0.15, -0.1) is 23.7 Å². The lowest BCUT2D eigenvalue weighted by Crippen LogP contribution is -2.35.